The molecular formula is C15H15ClFN3O3S2. The van der Waals surface area contributed by atoms with E-state index in [0.717, 1.165) is 15.2 Å². The van der Waals surface area contributed by atoms with Crippen molar-refractivity contribution in [3.8, 4) is 0 Å². The van der Waals surface area contributed by atoms with E-state index in [1.165, 1.54) is 30.5 Å². The number of amides is 1. The normalized spacial score (nSPS) is 23.3. The van der Waals surface area contributed by atoms with Gasteiger partial charge in [-0.25, -0.2) is 4.39 Å². The van der Waals surface area contributed by atoms with Crippen molar-refractivity contribution >= 4 is 44.7 Å². The van der Waals surface area contributed by atoms with Crippen molar-refractivity contribution in [3.63, 3.8) is 0 Å². The van der Waals surface area contributed by atoms with Crippen LogP contribution in [0.3, 0.4) is 0 Å². The second-order valence-electron chi connectivity index (χ2n) is 5.58. The third-order valence-electron chi connectivity index (χ3n) is 3.94. The van der Waals surface area contributed by atoms with E-state index in [4.69, 9.17) is 11.6 Å². The summed E-state index contributed by atoms with van der Waals surface area (Å²) in [6, 6.07) is 6.04. The van der Waals surface area contributed by atoms with Crippen molar-refractivity contribution in [3.05, 3.63) is 51.4 Å². The van der Waals surface area contributed by atoms with Crippen LogP contribution in [-0.2, 0) is 15.0 Å². The summed E-state index contributed by atoms with van der Waals surface area (Å²) >= 11 is 7.12. The second-order valence-corrected chi connectivity index (χ2v) is 8.73. The first kappa shape index (κ1) is 18.3. The minimum Gasteiger partial charge on any atom is -0.325 e. The Kier molecular flexibility index (Phi) is 5.12. The number of thiophene rings is 1. The number of nitrogens with zero attached hydrogens (tertiary/aromatic N) is 1. The highest BCUT2D eigenvalue weighted by Crippen LogP contribution is 2.31. The van der Waals surface area contributed by atoms with E-state index in [9.17, 15) is 17.6 Å². The van der Waals surface area contributed by atoms with E-state index >= 15 is 0 Å². The van der Waals surface area contributed by atoms with Crippen molar-refractivity contribution in [2.24, 2.45) is 0 Å². The van der Waals surface area contributed by atoms with E-state index in [1.807, 2.05) is 17.5 Å². The van der Waals surface area contributed by atoms with Gasteiger partial charge < -0.3 is 5.32 Å². The van der Waals surface area contributed by atoms with Gasteiger partial charge in [-0.05, 0) is 36.1 Å². The Morgan fingerprint density at radius 1 is 1.44 bits per heavy atom. The minimum atomic E-state index is -3.79. The average Bonchev–Trinajstić information content (AvgIpc) is 3.07. The smallest absolute Gasteiger partial charge is 0.280 e. The summed E-state index contributed by atoms with van der Waals surface area (Å²) in [6.45, 7) is 0. The van der Waals surface area contributed by atoms with Crippen molar-refractivity contribution in [1.82, 2.24) is 9.03 Å². The lowest BCUT2D eigenvalue weighted by atomic mass is 10.1. The molecule has 2 N–H and O–H groups in total. The first-order valence-corrected chi connectivity index (χ1v) is 10.0. The molecular weight excluding hydrogens is 389 g/mol. The van der Waals surface area contributed by atoms with Gasteiger partial charge in [0.05, 0.1) is 11.1 Å². The van der Waals surface area contributed by atoms with Gasteiger partial charge in [-0.2, -0.15) is 17.4 Å². The molecule has 1 aliphatic heterocycles. The molecule has 3 rings (SSSR count). The molecule has 1 aromatic carbocycles. The highest BCUT2D eigenvalue weighted by atomic mass is 35.5. The Hall–Kier alpha value is -1.52. The van der Waals surface area contributed by atoms with Gasteiger partial charge in [0, 0.05) is 17.6 Å². The molecule has 0 unspecified atom stereocenters. The Bertz CT molecular complexity index is 889. The van der Waals surface area contributed by atoms with Crippen LogP contribution in [0.4, 0.5) is 10.1 Å². The molecule has 0 radical (unpaired) electrons. The number of anilines is 1. The van der Waals surface area contributed by atoms with Gasteiger partial charge in [0.15, 0.2) is 0 Å². The quantitative estimate of drug-likeness (QED) is 0.827. The lowest BCUT2D eigenvalue weighted by molar-refractivity contribution is -0.120. The Morgan fingerprint density at radius 2 is 2.20 bits per heavy atom. The van der Waals surface area contributed by atoms with Gasteiger partial charge in [0.1, 0.15) is 11.9 Å². The Labute approximate surface area is 153 Å². The second kappa shape index (κ2) is 7.00. The Morgan fingerprint density at radius 3 is 2.84 bits per heavy atom. The summed E-state index contributed by atoms with van der Waals surface area (Å²) in [5.41, 5.74) is 0.299. The van der Waals surface area contributed by atoms with Crippen LogP contribution in [0.1, 0.15) is 17.3 Å². The topological polar surface area (TPSA) is 78.5 Å². The highest BCUT2D eigenvalue weighted by Gasteiger charge is 2.40. The number of halogens is 2. The molecule has 2 atom stereocenters. The maximum absolute atomic E-state index is 13.2. The molecule has 6 nitrogen and oxygen atoms in total. The van der Waals surface area contributed by atoms with Gasteiger partial charge in [0.2, 0.25) is 5.91 Å². The predicted molar refractivity (Wildman–Crippen MR) is 95.3 cm³/mol. The molecule has 1 amide bonds. The number of carbonyl (C=O) groups is 1. The fourth-order valence-electron chi connectivity index (χ4n) is 2.59. The summed E-state index contributed by atoms with van der Waals surface area (Å²) in [6.07, 6.45) is 0.275. The summed E-state index contributed by atoms with van der Waals surface area (Å²) in [4.78, 5) is 13.4. The fraction of sp³-hybridized carbons (Fsp3) is 0.267. The summed E-state index contributed by atoms with van der Waals surface area (Å²) in [7, 11) is -2.45. The van der Waals surface area contributed by atoms with Crippen LogP contribution in [0.2, 0.25) is 5.02 Å². The maximum atomic E-state index is 13.2. The fourth-order valence-corrected chi connectivity index (χ4v) is 4.90. The third kappa shape index (κ3) is 3.85. The molecule has 1 fully saturated rings. The summed E-state index contributed by atoms with van der Waals surface area (Å²) in [5, 5.41) is 4.31. The molecule has 134 valence electrons. The first-order valence-electron chi connectivity index (χ1n) is 7.32. The number of benzene rings is 1. The third-order valence-corrected chi connectivity index (χ3v) is 6.82. The minimum absolute atomic E-state index is 0.124. The monoisotopic (exact) mass is 403 g/mol. The molecule has 25 heavy (non-hydrogen) atoms. The van der Waals surface area contributed by atoms with Crippen LogP contribution < -0.4 is 10.0 Å². The SMILES string of the molecule is CN1[C@@H](C(=O)Nc2ccc(F)c(Cl)c2)C[C@@H](c2cccs2)NS1(=O)=O. The molecule has 10 heteroatoms. The van der Waals surface area contributed by atoms with E-state index in [0.29, 0.717) is 5.69 Å². The van der Waals surface area contributed by atoms with E-state index in [1.54, 1.807) is 0 Å². The lowest BCUT2D eigenvalue weighted by Gasteiger charge is -2.35. The maximum Gasteiger partial charge on any atom is 0.280 e. The van der Waals surface area contributed by atoms with Crippen LogP contribution in [-0.4, -0.2) is 31.7 Å². The summed E-state index contributed by atoms with van der Waals surface area (Å²) in [5.74, 6) is -1.10. The number of nitrogens with one attached hydrogen (secondary N) is 2. The zero-order valence-electron chi connectivity index (χ0n) is 13.1. The molecule has 1 saturated heterocycles. The van der Waals surface area contributed by atoms with Crippen LogP contribution >= 0.6 is 22.9 Å². The van der Waals surface area contributed by atoms with E-state index < -0.39 is 34.0 Å². The molecule has 2 aromatic rings. The lowest BCUT2D eigenvalue weighted by Crippen LogP contribution is -2.55. The molecule has 0 bridgehead atoms. The van der Waals surface area contributed by atoms with Gasteiger partial charge in [-0.3, -0.25) is 4.79 Å². The van der Waals surface area contributed by atoms with Crippen molar-refractivity contribution < 1.29 is 17.6 Å². The largest absolute Gasteiger partial charge is 0.325 e. The molecule has 1 aliphatic rings. The standard InChI is InChI=1S/C15H15ClFN3O3S2/c1-20-13(15(21)18-9-4-5-11(17)10(16)7-9)8-12(19-25(20,22)23)14-3-2-6-24-14/h2-7,12-13,19H,8H2,1H3,(H,18,21)/t12-,13+/m0/s1. The zero-order chi connectivity index (χ0) is 18.2. The van der Waals surface area contributed by atoms with Crippen molar-refractivity contribution in [1.29, 1.82) is 0 Å². The molecule has 2 heterocycles. The number of carbonyl (C=O) groups excluding carboxylic acids is 1. The van der Waals surface area contributed by atoms with Crippen LogP contribution in [0.25, 0.3) is 0 Å². The van der Waals surface area contributed by atoms with Crippen LogP contribution in [0, 0.1) is 5.82 Å². The van der Waals surface area contributed by atoms with Crippen LogP contribution in [0.15, 0.2) is 35.7 Å². The molecule has 0 aliphatic carbocycles. The van der Waals surface area contributed by atoms with E-state index in [-0.39, 0.29) is 11.4 Å². The molecule has 0 spiro atoms. The van der Waals surface area contributed by atoms with Gasteiger partial charge in [0.25, 0.3) is 10.2 Å². The molecule has 0 saturated carbocycles. The van der Waals surface area contributed by atoms with Gasteiger partial charge in [-0.15, -0.1) is 11.3 Å². The van der Waals surface area contributed by atoms with Crippen molar-refractivity contribution in [2.45, 2.75) is 18.5 Å². The van der Waals surface area contributed by atoms with E-state index in [2.05, 4.69) is 10.0 Å². The van der Waals surface area contributed by atoms with Crippen LogP contribution in [0.5, 0.6) is 0 Å². The summed E-state index contributed by atoms with van der Waals surface area (Å²) < 4.78 is 41.4. The Balaban J connectivity index is 1.83. The predicted octanol–water partition coefficient (Wildman–Crippen LogP) is 2.76. The zero-order valence-corrected chi connectivity index (χ0v) is 15.5. The number of hydrogen-bond acceptors (Lipinski definition) is 4. The van der Waals surface area contributed by atoms with Crippen molar-refractivity contribution in [2.75, 3.05) is 12.4 Å². The number of likely N-dealkylation sites (N-methyl/N-ethyl adjacent to an activating group) is 1. The number of hydrogen-bond donors (Lipinski definition) is 2. The van der Waals surface area contributed by atoms with Gasteiger partial charge in [-0.1, -0.05) is 17.7 Å². The highest BCUT2D eigenvalue weighted by molar-refractivity contribution is 7.87. The van der Waals surface area contributed by atoms with Gasteiger partial charge >= 0.3 is 0 Å². The average molecular weight is 404 g/mol. The first-order chi connectivity index (χ1) is 11.8. The number of rotatable bonds is 3. The molecule has 1 aromatic heterocycles.